The van der Waals surface area contributed by atoms with Gasteiger partial charge in [0.1, 0.15) is 35.9 Å². The minimum absolute atomic E-state index is 0.0349. The summed E-state index contributed by atoms with van der Waals surface area (Å²) in [5, 5.41) is 21.4. The van der Waals surface area contributed by atoms with Gasteiger partial charge in [-0.2, -0.15) is 0 Å². The highest BCUT2D eigenvalue weighted by atomic mass is 35.5. The van der Waals surface area contributed by atoms with Crippen LogP contribution in [0.3, 0.4) is 0 Å². The molecule has 0 unspecified atom stereocenters. The molecule has 2 N–H and O–H groups in total. The first-order valence-corrected chi connectivity index (χ1v) is 22.2. The van der Waals surface area contributed by atoms with Crippen LogP contribution < -0.4 is 14.2 Å². The maximum absolute atomic E-state index is 14.3. The first-order chi connectivity index (χ1) is 31.0. The van der Waals surface area contributed by atoms with Gasteiger partial charge in [-0.15, -0.1) is 11.3 Å². The highest BCUT2D eigenvalue weighted by Gasteiger charge is 2.30. The second-order valence-electron chi connectivity index (χ2n) is 15.5. The summed E-state index contributed by atoms with van der Waals surface area (Å²) < 4.78 is 33.3. The Labute approximate surface area is 383 Å². The first kappa shape index (κ1) is 44.9. The predicted octanol–water partition coefficient (Wildman–Crippen LogP) is 9.32. The van der Waals surface area contributed by atoms with Crippen molar-refractivity contribution in [3.63, 3.8) is 0 Å². The van der Waals surface area contributed by atoms with Crippen molar-refractivity contribution < 1.29 is 33.6 Å². The fourth-order valence-electron chi connectivity index (χ4n) is 7.73. The summed E-state index contributed by atoms with van der Waals surface area (Å²) in [5.74, 6) is -0.277. The third-order valence-corrected chi connectivity index (χ3v) is 13.3. The molecule has 64 heavy (non-hydrogen) atoms. The van der Waals surface area contributed by atoms with Crippen molar-refractivity contribution in [2.24, 2.45) is 0 Å². The number of carbonyl (C=O) groups is 1. The van der Waals surface area contributed by atoms with Crippen molar-refractivity contribution in [2.45, 2.75) is 39.6 Å². The number of nitrogens with zero attached hydrogens (tertiary/aromatic N) is 6. The molecule has 0 aliphatic carbocycles. The minimum Gasteiger partial charge on any atom is -0.489 e. The van der Waals surface area contributed by atoms with Crippen LogP contribution in [0.5, 0.6) is 17.4 Å². The number of likely N-dealkylation sites (N-methyl/N-ethyl adjacent to an activating group) is 1. The molecule has 1 fully saturated rings. The molecule has 330 valence electrons. The summed E-state index contributed by atoms with van der Waals surface area (Å²) in [5.41, 5.74) is 6.00. The van der Waals surface area contributed by atoms with Crippen LogP contribution in [0.1, 0.15) is 27.9 Å². The number of piperazine rings is 1. The fourth-order valence-corrected chi connectivity index (χ4v) is 9.41. The number of carboxylic acid groups (broad SMARTS) is 1. The normalized spacial score (nSPS) is 13.9. The minimum atomic E-state index is -1.42. The van der Waals surface area contributed by atoms with Crippen molar-refractivity contribution in [3.05, 3.63) is 135 Å². The number of hydrogen-bond donors (Lipinski definition) is 2. The molecule has 4 heterocycles. The number of carboxylic acids is 1. The second kappa shape index (κ2) is 20.0. The summed E-state index contributed by atoms with van der Waals surface area (Å²) in [6.45, 7) is 8.70. The van der Waals surface area contributed by atoms with Crippen LogP contribution in [0.15, 0.2) is 91.4 Å². The number of aliphatic carboxylic acids is 1. The van der Waals surface area contributed by atoms with E-state index in [0.717, 1.165) is 37.3 Å². The zero-order valence-electron chi connectivity index (χ0n) is 35.4. The SMILES string of the molecule is Cc1c(Cl)c(OCCN2CCN(C)CC2)c(Cl)c(C)c1-c1c(-c2ccc(F)cc2)sc2ncnc(O[C@H](Cc3ccccc3OCc3ccnc(-c4cccc(CO)c4)n3)C(=O)O)c12. The molecule has 3 aromatic heterocycles. The molecule has 7 aromatic rings. The molecule has 1 atom stereocenters. The molecule has 0 saturated carbocycles. The molecule has 8 rings (SSSR count). The van der Waals surface area contributed by atoms with E-state index in [1.807, 2.05) is 38.1 Å². The Morgan fingerprint density at radius 3 is 2.38 bits per heavy atom. The van der Waals surface area contributed by atoms with Crippen LogP contribution in [0.25, 0.3) is 43.2 Å². The molecule has 0 bridgehead atoms. The van der Waals surface area contributed by atoms with Gasteiger partial charge in [0, 0.05) is 61.3 Å². The van der Waals surface area contributed by atoms with Crippen LogP contribution in [-0.4, -0.2) is 98.4 Å². The van der Waals surface area contributed by atoms with Crippen molar-refractivity contribution in [1.82, 2.24) is 29.7 Å². The maximum atomic E-state index is 14.3. The topological polar surface area (TPSA) is 143 Å². The van der Waals surface area contributed by atoms with E-state index in [1.54, 1.807) is 48.7 Å². The standard InChI is InChI=1S/C48H45Cl2FN6O6S/c1-28-38(29(2)42(50)43(41(28)49)61-22-21-57-19-17-56(3)18-20-57)39-40-46(53-27-54-47(40)64-44(39)31-11-13-34(51)14-12-31)63-37(48(59)60)24-32-8-4-5-10-36(32)62-26-35-15-16-52-45(55-35)33-9-6-7-30(23-33)25-58/h4-16,23,27,37,58H,17-22,24-26H2,1-3H3,(H,59,60)/t37-/m1/s1. The fraction of sp³-hybridized carbons (Fsp3) is 0.271. The van der Waals surface area contributed by atoms with E-state index < -0.39 is 17.9 Å². The van der Waals surface area contributed by atoms with Crippen LogP contribution in [0.4, 0.5) is 4.39 Å². The molecule has 1 aliphatic heterocycles. The summed E-state index contributed by atoms with van der Waals surface area (Å²) >= 11 is 15.6. The summed E-state index contributed by atoms with van der Waals surface area (Å²) in [4.78, 5) is 37.1. The number of benzene rings is 4. The van der Waals surface area contributed by atoms with Gasteiger partial charge in [0.05, 0.1) is 27.7 Å². The molecule has 0 spiro atoms. The molecule has 1 aliphatic rings. The lowest BCUT2D eigenvalue weighted by Crippen LogP contribution is -2.45. The predicted molar refractivity (Wildman–Crippen MR) is 247 cm³/mol. The van der Waals surface area contributed by atoms with E-state index in [-0.39, 0.29) is 25.5 Å². The average molecular weight is 924 g/mol. The number of para-hydroxylation sites is 1. The average Bonchev–Trinajstić information content (AvgIpc) is 3.69. The highest BCUT2D eigenvalue weighted by molar-refractivity contribution is 7.22. The summed E-state index contributed by atoms with van der Waals surface area (Å²) in [7, 11) is 2.11. The number of aromatic nitrogens is 4. The molecule has 1 saturated heterocycles. The van der Waals surface area contributed by atoms with Crippen molar-refractivity contribution in [1.29, 1.82) is 0 Å². The van der Waals surface area contributed by atoms with Gasteiger partial charge in [0.25, 0.3) is 0 Å². The highest BCUT2D eigenvalue weighted by Crippen LogP contribution is 2.52. The Morgan fingerprint density at radius 1 is 0.891 bits per heavy atom. The van der Waals surface area contributed by atoms with Gasteiger partial charge in [-0.3, -0.25) is 4.90 Å². The molecule has 0 radical (unpaired) electrons. The Hall–Kier alpha value is -5.74. The molecule has 12 nitrogen and oxygen atoms in total. The Bertz CT molecular complexity index is 2770. The Morgan fingerprint density at radius 2 is 1.64 bits per heavy atom. The maximum Gasteiger partial charge on any atom is 0.345 e. The van der Waals surface area contributed by atoms with Gasteiger partial charge >= 0.3 is 5.97 Å². The zero-order chi connectivity index (χ0) is 44.9. The number of thiophene rings is 1. The molecular weight excluding hydrogens is 879 g/mol. The Kier molecular flexibility index (Phi) is 14.0. The van der Waals surface area contributed by atoms with E-state index in [2.05, 4.69) is 36.8 Å². The quantitative estimate of drug-likeness (QED) is 0.0954. The number of hydrogen-bond acceptors (Lipinski definition) is 12. The molecular formula is C48H45Cl2FN6O6S. The van der Waals surface area contributed by atoms with Gasteiger partial charge in [-0.25, -0.2) is 29.1 Å². The van der Waals surface area contributed by atoms with Gasteiger partial charge < -0.3 is 29.3 Å². The van der Waals surface area contributed by atoms with E-state index in [1.165, 1.54) is 29.8 Å². The number of halogens is 3. The van der Waals surface area contributed by atoms with E-state index in [9.17, 15) is 19.4 Å². The first-order valence-electron chi connectivity index (χ1n) is 20.7. The van der Waals surface area contributed by atoms with Crippen molar-refractivity contribution in [2.75, 3.05) is 46.4 Å². The van der Waals surface area contributed by atoms with Crippen LogP contribution in [0.2, 0.25) is 10.0 Å². The summed E-state index contributed by atoms with van der Waals surface area (Å²) in [6, 6.07) is 22.3. The molecule has 4 aromatic carbocycles. The number of aliphatic hydroxyl groups excluding tert-OH is 1. The van der Waals surface area contributed by atoms with E-state index >= 15 is 0 Å². The van der Waals surface area contributed by atoms with Gasteiger partial charge in [-0.1, -0.05) is 71.7 Å². The monoisotopic (exact) mass is 922 g/mol. The molecule has 16 heteroatoms. The smallest absolute Gasteiger partial charge is 0.345 e. The number of fused-ring (bicyclic) bond motifs is 1. The lowest BCUT2D eigenvalue weighted by atomic mass is 9.92. The Balaban J connectivity index is 1.11. The van der Waals surface area contributed by atoms with E-state index in [4.69, 9.17) is 37.4 Å². The lowest BCUT2D eigenvalue weighted by molar-refractivity contribution is -0.145. The van der Waals surface area contributed by atoms with Crippen molar-refractivity contribution in [3.8, 4) is 50.3 Å². The van der Waals surface area contributed by atoms with E-state index in [0.29, 0.717) is 94.7 Å². The van der Waals surface area contributed by atoms with Gasteiger partial charge in [0.2, 0.25) is 12.0 Å². The summed E-state index contributed by atoms with van der Waals surface area (Å²) in [6.07, 6.45) is 1.47. The second-order valence-corrected chi connectivity index (χ2v) is 17.3. The largest absolute Gasteiger partial charge is 0.489 e. The van der Waals surface area contributed by atoms with Crippen LogP contribution in [-0.2, 0) is 24.4 Å². The van der Waals surface area contributed by atoms with Crippen LogP contribution >= 0.6 is 34.5 Å². The lowest BCUT2D eigenvalue weighted by Gasteiger charge is -2.32. The molecule has 0 amide bonds. The number of aliphatic hydroxyl groups is 1. The van der Waals surface area contributed by atoms with Crippen LogP contribution in [0, 0.1) is 19.7 Å². The number of rotatable bonds is 16. The van der Waals surface area contributed by atoms with Crippen molar-refractivity contribution >= 4 is 50.7 Å². The van der Waals surface area contributed by atoms with Gasteiger partial charge in [-0.05, 0) is 84.6 Å². The third kappa shape index (κ3) is 9.82. The number of ether oxygens (including phenoxy) is 3. The van der Waals surface area contributed by atoms with Gasteiger partial charge in [0.15, 0.2) is 11.6 Å². The third-order valence-electron chi connectivity index (χ3n) is 11.2. The zero-order valence-corrected chi connectivity index (χ0v) is 37.7.